The lowest BCUT2D eigenvalue weighted by Crippen LogP contribution is -2.42. The number of carbonyl (C=O) groups excluding carboxylic acids is 1. The summed E-state index contributed by atoms with van der Waals surface area (Å²) in [6, 6.07) is 9.83. The average Bonchev–Trinajstić information content (AvgIpc) is 2.58. The van der Waals surface area contributed by atoms with Crippen molar-refractivity contribution >= 4 is 27.7 Å². The van der Waals surface area contributed by atoms with E-state index >= 15 is 0 Å². The molecule has 0 saturated carbocycles. The van der Waals surface area contributed by atoms with Crippen LogP contribution in [0, 0.1) is 5.82 Å². The van der Waals surface area contributed by atoms with Crippen molar-refractivity contribution in [2.24, 2.45) is 0 Å². The van der Waals surface area contributed by atoms with Crippen LogP contribution < -0.4 is 9.64 Å². The molecule has 1 amide bonds. The first kappa shape index (κ1) is 19.7. The van der Waals surface area contributed by atoms with Gasteiger partial charge in [0.2, 0.25) is 0 Å². The lowest BCUT2D eigenvalue weighted by atomic mass is 9.91. The molecule has 144 valence electrons. The van der Waals surface area contributed by atoms with Gasteiger partial charge in [0.15, 0.2) is 0 Å². The Hall–Kier alpha value is -2.08. The number of ether oxygens (including phenoxy) is 2. The Balaban J connectivity index is 2.14. The molecule has 2 aromatic carbocycles. The fraction of sp³-hybridized carbons (Fsp3) is 0.381. The molecule has 0 saturated heterocycles. The van der Waals surface area contributed by atoms with E-state index < -0.39 is 11.7 Å². The van der Waals surface area contributed by atoms with Gasteiger partial charge in [0, 0.05) is 4.47 Å². The largest absolute Gasteiger partial charge is 0.495 e. The minimum absolute atomic E-state index is 0.329. The molecule has 6 heteroatoms. The van der Waals surface area contributed by atoms with E-state index in [4.69, 9.17) is 9.47 Å². The molecule has 0 radical (unpaired) electrons. The van der Waals surface area contributed by atoms with Crippen LogP contribution in [0.1, 0.15) is 44.4 Å². The molecule has 1 aliphatic rings. The molecule has 0 aromatic heterocycles. The quantitative estimate of drug-likeness (QED) is 0.578. The van der Waals surface area contributed by atoms with Crippen molar-refractivity contribution in [2.45, 2.75) is 45.3 Å². The summed E-state index contributed by atoms with van der Waals surface area (Å²) in [5.41, 5.74) is 1.75. The monoisotopic (exact) mass is 435 g/mol. The van der Waals surface area contributed by atoms with Gasteiger partial charge in [-0.25, -0.2) is 9.18 Å². The summed E-state index contributed by atoms with van der Waals surface area (Å²) < 4.78 is 26.0. The number of hydrogen-bond donors (Lipinski definition) is 0. The first-order valence-corrected chi connectivity index (χ1v) is 9.63. The van der Waals surface area contributed by atoms with Gasteiger partial charge in [0.05, 0.1) is 18.8 Å². The molecule has 3 rings (SSSR count). The number of amides is 1. The number of methoxy groups -OCH3 is 1. The van der Waals surface area contributed by atoms with Crippen LogP contribution in [0.3, 0.4) is 0 Å². The highest BCUT2D eigenvalue weighted by Gasteiger charge is 2.37. The second-order valence-electron chi connectivity index (χ2n) is 7.58. The number of fused-ring (bicyclic) bond motifs is 1. The lowest BCUT2D eigenvalue weighted by molar-refractivity contribution is 0.0558. The second kappa shape index (κ2) is 7.50. The SMILES string of the molecule is COc1cc(Br)cc2c1N(C(=O)OC(C)(C)C)C(c1cccc(F)c1)CC2. The predicted molar refractivity (Wildman–Crippen MR) is 107 cm³/mol. The van der Waals surface area contributed by atoms with E-state index in [9.17, 15) is 9.18 Å². The Morgan fingerprint density at radius 2 is 2.00 bits per heavy atom. The molecule has 1 aliphatic heterocycles. The van der Waals surface area contributed by atoms with Crippen LogP contribution in [0.15, 0.2) is 40.9 Å². The Morgan fingerprint density at radius 1 is 1.26 bits per heavy atom. The molecule has 1 heterocycles. The topological polar surface area (TPSA) is 38.8 Å². The van der Waals surface area contributed by atoms with Crippen LogP contribution in [0.4, 0.5) is 14.9 Å². The second-order valence-corrected chi connectivity index (χ2v) is 8.49. The third-order valence-electron chi connectivity index (χ3n) is 4.40. The highest BCUT2D eigenvalue weighted by atomic mass is 79.9. The molecular weight excluding hydrogens is 413 g/mol. The molecule has 0 bridgehead atoms. The normalized spacial score (nSPS) is 16.7. The fourth-order valence-electron chi connectivity index (χ4n) is 3.38. The Morgan fingerprint density at radius 3 is 2.63 bits per heavy atom. The van der Waals surface area contributed by atoms with Gasteiger partial charge in [0.25, 0.3) is 0 Å². The van der Waals surface area contributed by atoms with Gasteiger partial charge in [-0.3, -0.25) is 4.90 Å². The maximum Gasteiger partial charge on any atom is 0.415 e. The maximum absolute atomic E-state index is 13.9. The molecule has 1 atom stereocenters. The van der Waals surface area contributed by atoms with Crippen LogP contribution in [0.25, 0.3) is 0 Å². The number of benzene rings is 2. The van der Waals surface area contributed by atoms with Crippen molar-refractivity contribution in [1.29, 1.82) is 0 Å². The summed E-state index contributed by atoms with van der Waals surface area (Å²) in [5, 5.41) is 0. The zero-order chi connectivity index (χ0) is 19.8. The van der Waals surface area contributed by atoms with Gasteiger partial charge in [0.1, 0.15) is 17.2 Å². The van der Waals surface area contributed by atoms with Gasteiger partial charge in [-0.2, -0.15) is 0 Å². The van der Waals surface area contributed by atoms with Crippen molar-refractivity contribution in [3.05, 3.63) is 57.8 Å². The van der Waals surface area contributed by atoms with Crippen LogP contribution in [0.2, 0.25) is 0 Å². The van der Waals surface area contributed by atoms with Gasteiger partial charge in [-0.15, -0.1) is 0 Å². The molecule has 0 N–H and O–H groups in total. The number of anilines is 1. The average molecular weight is 436 g/mol. The molecule has 4 nitrogen and oxygen atoms in total. The third kappa shape index (κ3) is 4.26. The van der Waals surface area contributed by atoms with E-state index in [1.807, 2.05) is 39.0 Å². The summed E-state index contributed by atoms with van der Waals surface area (Å²) in [6.07, 6.45) is 0.930. The van der Waals surface area contributed by atoms with Crippen molar-refractivity contribution in [2.75, 3.05) is 12.0 Å². The van der Waals surface area contributed by atoms with E-state index in [1.54, 1.807) is 18.1 Å². The van der Waals surface area contributed by atoms with E-state index in [-0.39, 0.29) is 11.9 Å². The molecule has 27 heavy (non-hydrogen) atoms. The van der Waals surface area contributed by atoms with E-state index in [2.05, 4.69) is 15.9 Å². The maximum atomic E-state index is 13.9. The third-order valence-corrected chi connectivity index (χ3v) is 4.86. The minimum atomic E-state index is -0.649. The van der Waals surface area contributed by atoms with Gasteiger partial charge < -0.3 is 9.47 Å². The van der Waals surface area contributed by atoms with Crippen LogP contribution in [-0.2, 0) is 11.2 Å². The molecule has 2 aromatic rings. The number of carbonyl (C=O) groups is 1. The summed E-state index contributed by atoms with van der Waals surface area (Å²) in [7, 11) is 1.57. The van der Waals surface area contributed by atoms with Gasteiger partial charge in [-0.05, 0) is 69.0 Å². The highest BCUT2D eigenvalue weighted by Crippen LogP contribution is 2.46. The number of nitrogens with zero attached hydrogens (tertiary/aromatic N) is 1. The van der Waals surface area contributed by atoms with Crippen LogP contribution in [-0.4, -0.2) is 18.8 Å². The van der Waals surface area contributed by atoms with E-state index in [1.165, 1.54) is 12.1 Å². The van der Waals surface area contributed by atoms with Crippen molar-refractivity contribution in [3.63, 3.8) is 0 Å². The van der Waals surface area contributed by atoms with Crippen molar-refractivity contribution in [1.82, 2.24) is 0 Å². The van der Waals surface area contributed by atoms with Crippen molar-refractivity contribution in [3.8, 4) is 5.75 Å². The lowest BCUT2D eigenvalue weighted by Gasteiger charge is -2.39. The van der Waals surface area contributed by atoms with Gasteiger partial charge >= 0.3 is 6.09 Å². The number of hydrogen-bond acceptors (Lipinski definition) is 3. The highest BCUT2D eigenvalue weighted by molar-refractivity contribution is 9.10. The molecule has 0 fully saturated rings. The number of halogens is 2. The van der Waals surface area contributed by atoms with E-state index in [0.29, 0.717) is 17.9 Å². The Bertz CT molecular complexity index is 846. The zero-order valence-corrected chi connectivity index (χ0v) is 17.5. The molecular formula is C21H23BrFNO3. The van der Waals surface area contributed by atoms with Crippen molar-refractivity contribution < 1.29 is 18.7 Å². The first-order chi connectivity index (χ1) is 12.7. The van der Waals surface area contributed by atoms with Crippen LogP contribution in [0.5, 0.6) is 5.75 Å². The first-order valence-electron chi connectivity index (χ1n) is 8.83. The Kier molecular flexibility index (Phi) is 5.47. The fourth-order valence-corrected chi connectivity index (χ4v) is 3.87. The van der Waals surface area contributed by atoms with E-state index in [0.717, 1.165) is 22.0 Å². The summed E-state index contributed by atoms with van der Waals surface area (Å²) in [6.45, 7) is 5.48. The summed E-state index contributed by atoms with van der Waals surface area (Å²) >= 11 is 3.49. The predicted octanol–water partition coefficient (Wildman–Crippen LogP) is 6.03. The molecule has 0 aliphatic carbocycles. The summed E-state index contributed by atoms with van der Waals surface area (Å²) in [5.74, 6) is 0.247. The Labute approximate surface area is 167 Å². The van der Waals surface area contributed by atoms with Crippen LogP contribution >= 0.6 is 15.9 Å². The smallest absolute Gasteiger partial charge is 0.415 e. The summed E-state index contributed by atoms with van der Waals surface area (Å²) in [4.78, 5) is 14.7. The van der Waals surface area contributed by atoms with Gasteiger partial charge in [-0.1, -0.05) is 28.1 Å². The number of aryl methyl sites for hydroxylation is 1. The molecule has 1 unspecified atom stereocenters. The standard InChI is InChI=1S/C21H23BrFNO3/c1-21(2,3)27-20(25)24-17(13-6-5-7-16(23)11-13)9-8-14-10-15(22)12-18(26-4)19(14)24/h5-7,10-12,17H,8-9H2,1-4H3. The zero-order valence-electron chi connectivity index (χ0n) is 15.9. The number of rotatable bonds is 2. The molecule has 0 spiro atoms. The minimum Gasteiger partial charge on any atom is -0.495 e.